The summed E-state index contributed by atoms with van der Waals surface area (Å²) < 4.78 is 18.4. The highest BCUT2D eigenvalue weighted by molar-refractivity contribution is 5.87. The number of aliphatic hydroxyl groups is 2. The molecule has 0 aromatic carbocycles. The van der Waals surface area contributed by atoms with E-state index in [0.29, 0.717) is 0 Å². The van der Waals surface area contributed by atoms with Gasteiger partial charge in [-0.1, -0.05) is 0 Å². The molecule has 0 saturated carbocycles. The molecule has 0 radical (unpaired) electrons. The van der Waals surface area contributed by atoms with E-state index in [0.717, 1.165) is 0 Å². The van der Waals surface area contributed by atoms with Crippen molar-refractivity contribution in [2.75, 3.05) is 14.2 Å². The lowest BCUT2D eigenvalue weighted by molar-refractivity contribution is -0.187. The molecule has 0 fully saturated rings. The van der Waals surface area contributed by atoms with Gasteiger partial charge in [0, 0.05) is 27.1 Å². The van der Waals surface area contributed by atoms with Gasteiger partial charge >= 0.3 is 23.9 Å². The van der Waals surface area contributed by atoms with Crippen LogP contribution in [0.15, 0.2) is 0 Å². The third-order valence-electron chi connectivity index (χ3n) is 3.49. The van der Waals surface area contributed by atoms with Crippen molar-refractivity contribution in [2.45, 2.75) is 63.3 Å². The predicted octanol–water partition coefficient (Wildman–Crippen LogP) is -0.751. The molecule has 0 spiro atoms. The number of aliphatic carboxylic acids is 2. The van der Waals surface area contributed by atoms with Crippen molar-refractivity contribution in [3.05, 3.63) is 0 Å². The monoisotopic (exact) mass is 410 g/mol. The number of ether oxygens (including phenoxy) is 4. The maximum atomic E-state index is 11.7. The molecular formula is C16H26O12. The molecule has 0 heterocycles. The summed E-state index contributed by atoms with van der Waals surface area (Å²) in [7, 11) is 2.51. The Morgan fingerprint density at radius 3 is 1.29 bits per heavy atom. The first-order chi connectivity index (χ1) is 13.1. The van der Waals surface area contributed by atoms with Gasteiger partial charge in [-0.2, -0.15) is 0 Å². The fourth-order valence-electron chi connectivity index (χ4n) is 1.96. The van der Waals surface area contributed by atoms with E-state index in [2.05, 4.69) is 18.9 Å². The van der Waals surface area contributed by atoms with Crippen molar-refractivity contribution in [3.8, 4) is 0 Å². The van der Waals surface area contributed by atoms with E-state index < -0.39 is 48.7 Å². The number of carbonyl (C=O) groups is 4. The number of methoxy groups -OCH3 is 2. The number of esters is 2. The maximum Gasteiger partial charge on any atom is 0.349 e. The minimum absolute atomic E-state index is 0.0774. The van der Waals surface area contributed by atoms with Gasteiger partial charge in [-0.15, -0.1) is 0 Å². The van der Waals surface area contributed by atoms with Crippen LogP contribution in [-0.4, -0.2) is 83.3 Å². The Morgan fingerprint density at radius 2 is 1.04 bits per heavy atom. The molecule has 0 amide bonds. The summed E-state index contributed by atoms with van der Waals surface area (Å²) in [5, 5.41) is 36.7. The molecule has 4 N–H and O–H groups in total. The van der Waals surface area contributed by atoms with Gasteiger partial charge in [0.15, 0.2) is 12.6 Å². The topological polar surface area (TPSA) is 186 Å². The van der Waals surface area contributed by atoms with E-state index >= 15 is 0 Å². The minimum Gasteiger partial charge on any atom is -0.478 e. The summed E-state index contributed by atoms with van der Waals surface area (Å²) in [6, 6.07) is 0. The van der Waals surface area contributed by atoms with E-state index in [4.69, 9.17) is 10.2 Å². The molecule has 162 valence electrons. The van der Waals surface area contributed by atoms with Crippen LogP contribution in [0.25, 0.3) is 0 Å². The molecule has 0 aliphatic rings. The second-order valence-corrected chi connectivity index (χ2v) is 5.66. The van der Waals surface area contributed by atoms with Crippen LogP contribution in [0.5, 0.6) is 0 Å². The van der Waals surface area contributed by atoms with Gasteiger partial charge in [-0.3, -0.25) is 9.59 Å². The molecule has 0 aliphatic carbocycles. The Kier molecular flexibility index (Phi) is 12.7. The van der Waals surface area contributed by atoms with Gasteiger partial charge in [-0.25, -0.2) is 9.59 Å². The van der Waals surface area contributed by atoms with Crippen LogP contribution < -0.4 is 0 Å². The SMILES string of the molecule is COC(O)CCCC(=O)OC(C(=O)O)C(OC(=O)CCCC(O)OC)C(=O)O. The van der Waals surface area contributed by atoms with E-state index in [1.807, 2.05) is 0 Å². The average Bonchev–Trinajstić information content (AvgIpc) is 2.63. The van der Waals surface area contributed by atoms with Crippen LogP contribution in [0, 0.1) is 0 Å². The summed E-state index contributed by atoms with van der Waals surface area (Å²) in [5.74, 6) is -5.69. The van der Waals surface area contributed by atoms with E-state index in [-0.39, 0.29) is 38.5 Å². The molecule has 28 heavy (non-hydrogen) atoms. The van der Waals surface area contributed by atoms with Crippen LogP contribution in [0.2, 0.25) is 0 Å². The fraction of sp³-hybridized carbons (Fsp3) is 0.750. The first-order valence-electron chi connectivity index (χ1n) is 8.38. The molecule has 0 rings (SSSR count). The number of hydrogen-bond donors (Lipinski definition) is 4. The molecule has 4 unspecified atom stereocenters. The van der Waals surface area contributed by atoms with Crippen LogP contribution in [0.1, 0.15) is 38.5 Å². The minimum atomic E-state index is -2.24. The van der Waals surface area contributed by atoms with Gasteiger partial charge in [0.25, 0.3) is 0 Å². The Balaban J connectivity index is 4.77. The van der Waals surface area contributed by atoms with E-state index in [9.17, 15) is 29.4 Å². The molecule has 0 aliphatic heterocycles. The largest absolute Gasteiger partial charge is 0.478 e. The zero-order chi connectivity index (χ0) is 21.7. The standard InChI is InChI=1S/C16H26O12/c1-25-9(17)5-3-7-11(19)27-13(15(21)22)14(16(23)24)28-12(20)8-4-6-10(18)26-2/h9-10,13-14,17-18H,3-8H2,1-2H3,(H,21,22)(H,23,24). The van der Waals surface area contributed by atoms with Gasteiger partial charge in [-0.05, 0) is 25.7 Å². The van der Waals surface area contributed by atoms with Gasteiger partial charge in [0.05, 0.1) is 0 Å². The maximum absolute atomic E-state index is 11.7. The Morgan fingerprint density at radius 1 is 0.714 bits per heavy atom. The number of carboxylic acids is 2. The lowest BCUT2D eigenvalue weighted by Gasteiger charge is -2.21. The van der Waals surface area contributed by atoms with E-state index in [1.165, 1.54) is 14.2 Å². The summed E-state index contributed by atoms with van der Waals surface area (Å²) >= 11 is 0. The summed E-state index contributed by atoms with van der Waals surface area (Å²) in [6.07, 6.45) is -6.96. The summed E-state index contributed by atoms with van der Waals surface area (Å²) in [4.78, 5) is 46.1. The average molecular weight is 410 g/mol. The number of carbonyl (C=O) groups excluding carboxylic acids is 2. The van der Waals surface area contributed by atoms with Crippen molar-refractivity contribution in [1.29, 1.82) is 0 Å². The highest BCUT2D eigenvalue weighted by Gasteiger charge is 2.40. The van der Waals surface area contributed by atoms with Crippen molar-refractivity contribution in [1.82, 2.24) is 0 Å². The third-order valence-corrected chi connectivity index (χ3v) is 3.49. The zero-order valence-corrected chi connectivity index (χ0v) is 15.6. The van der Waals surface area contributed by atoms with Crippen molar-refractivity contribution >= 4 is 23.9 Å². The predicted molar refractivity (Wildman–Crippen MR) is 88.8 cm³/mol. The Labute approximate surface area is 160 Å². The van der Waals surface area contributed by atoms with Crippen molar-refractivity contribution < 1.29 is 58.6 Å². The third kappa shape index (κ3) is 10.8. The summed E-state index contributed by atoms with van der Waals surface area (Å²) in [6.45, 7) is 0. The quantitative estimate of drug-likeness (QED) is 0.196. The van der Waals surface area contributed by atoms with Gasteiger partial charge < -0.3 is 39.4 Å². The first kappa shape index (κ1) is 25.7. The molecule has 0 aromatic rings. The van der Waals surface area contributed by atoms with Crippen LogP contribution in [0.4, 0.5) is 0 Å². The second kappa shape index (κ2) is 13.8. The molecule has 0 bridgehead atoms. The highest BCUT2D eigenvalue weighted by Crippen LogP contribution is 2.12. The second-order valence-electron chi connectivity index (χ2n) is 5.66. The number of carboxylic acid groups (broad SMARTS) is 2. The number of aliphatic hydroxyl groups excluding tert-OH is 2. The van der Waals surface area contributed by atoms with Crippen LogP contribution in [-0.2, 0) is 38.1 Å². The van der Waals surface area contributed by atoms with Crippen molar-refractivity contribution in [3.63, 3.8) is 0 Å². The Bertz CT molecular complexity index is 474. The molecule has 0 saturated heterocycles. The molecule has 0 aromatic heterocycles. The smallest absolute Gasteiger partial charge is 0.349 e. The van der Waals surface area contributed by atoms with Gasteiger partial charge in [0.2, 0.25) is 12.2 Å². The normalized spacial score (nSPS) is 15.1. The lowest BCUT2D eigenvalue weighted by atomic mass is 10.2. The fourth-order valence-corrected chi connectivity index (χ4v) is 1.96. The molecular weight excluding hydrogens is 384 g/mol. The number of rotatable bonds is 15. The molecule has 4 atom stereocenters. The summed E-state index contributed by atoms with van der Waals surface area (Å²) in [5.41, 5.74) is 0. The molecule has 12 heteroatoms. The Hall–Kier alpha value is -2.28. The van der Waals surface area contributed by atoms with Crippen LogP contribution in [0.3, 0.4) is 0 Å². The van der Waals surface area contributed by atoms with Crippen LogP contribution >= 0.6 is 0 Å². The van der Waals surface area contributed by atoms with Crippen molar-refractivity contribution in [2.24, 2.45) is 0 Å². The lowest BCUT2D eigenvalue weighted by Crippen LogP contribution is -2.45. The van der Waals surface area contributed by atoms with Gasteiger partial charge in [0.1, 0.15) is 0 Å². The van der Waals surface area contributed by atoms with E-state index in [1.54, 1.807) is 0 Å². The molecule has 12 nitrogen and oxygen atoms in total. The first-order valence-corrected chi connectivity index (χ1v) is 8.38. The highest BCUT2D eigenvalue weighted by atomic mass is 16.6. The number of hydrogen-bond acceptors (Lipinski definition) is 10. The zero-order valence-electron chi connectivity index (χ0n) is 15.6.